The molecule has 14 heteroatoms. The van der Waals surface area contributed by atoms with Crippen LogP contribution < -0.4 is 0 Å². The number of ether oxygens (including phenoxy) is 1. The number of hydrogen-bond donors (Lipinski definition) is 1. The third-order valence-corrected chi connectivity index (χ3v) is 3.83. The fraction of sp³-hybridized carbons (Fsp3) is 0.905. The zero-order chi connectivity index (χ0) is 22.7. The molecule has 1 N–H and O–H groups in total. The quantitative estimate of drug-likeness (QED) is 0.206. The fourth-order valence-corrected chi connectivity index (χ4v) is 1.90. The first-order valence-corrected chi connectivity index (χ1v) is 7.55. The van der Waals surface area contributed by atoms with Crippen LogP contribution in [0.15, 0.2) is 0 Å². The molecule has 0 amide bonds. The van der Waals surface area contributed by atoms with Gasteiger partial charge in [0.2, 0.25) is 0 Å². The van der Waals surface area contributed by atoms with Gasteiger partial charge in [0.25, 0.3) is 0 Å². The predicted octanol–water partition coefficient (Wildman–Crippen LogP) is 8.93. The molecular weight excluding hydrogens is 506 g/mol. The number of halogens is 10. The Labute approximate surface area is 203 Å². The molecule has 2 atom stereocenters. The van der Waals surface area contributed by atoms with E-state index < -0.39 is 66.9 Å². The van der Waals surface area contributed by atoms with E-state index in [9.17, 15) is 53.5 Å². The lowest BCUT2D eigenvalue weighted by Gasteiger charge is -2.36. The molecule has 222 valence electrons. The van der Waals surface area contributed by atoms with Gasteiger partial charge in [-0.3, -0.25) is 9.59 Å². The van der Waals surface area contributed by atoms with E-state index in [-0.39, 0.29) is 58.4 Å². The van der Waals surface area contributed by atoms with E-state index in [4.69, 9.17) is 5.11 Å². The van der Waals surface area contributed by atoms with Crippen LogP contribution in [0.2, 0.25) is 0 Å². The van der Waals surface area contributed by atoms with Gasteiger partial charge >= 0.3 is 42.1 Å². The molecule has 0 aliphatic heterocycles. The van der Waals surface area contributed by atoms with E-state index in [0.717, 1.165) is 6.92 Å². The molecule has 2 unspecified atom stereocenters. The monoisotopic (exact) mass is 550 g/mol. The number of aliphatic carboxylic acids is 1. The lowest BCUT2D eigenvalue weighted by molar-refractivity contribution is -0.386. The minimum Gasteiger partial charge on any atom is -0.481 e. The third-order valence-electron chi connectivity index (χ3n) is 3.83. The predicted molar refractivity (Wildman–Crippen MR) is 119 cm³/mol. The van der Waals surface area contributed by atoms with Gasteiger partial charge < -0.3 is 9.84 Å². The molecule has 0 heterocycles. The second-order valence-electron chi connectivity index (χ2n) is 5.96. The van der Waals surface area contributed by atoms with Crippen LogP contribution in [0, 0.1) is 11.8 Å². The normalized spacial score (nSPS) is 12.8. The van der Waals surface area contributed by atoms with Gasteiger partial charge in [0.1, 0.15) is 0 Å². The molecule has 0 bridgehead atoms. The zero-order valence-corrected chi connectivity index (χ0v) is 14.3. The summed E-state index contributed by atoms with van der Waals surface area (Å²) in [7, 11) is 0. The molecule has 0 aliphatic rings. The van der Waals surface area contributed by atoms with Crippen LogP contribution in [0.25, 0.3) is 0 Å². The highest BCUT2D eigenvalue weighted by atomic mass is 19.4. The number of rotatable bonds is 11. The molecule has 0 spiro atoms. The van der Waals surface area contributed by atoms with Crippen LogP contribution >= 0.6 is 0 Å². The highest BCUT2D eigenvalue weighted by molar-refractivity contribution is 5.74. The largest absolute Gasteiger partial charge is 0.481 e. The Hall–Kier alpha value is -1.76. The number of carbonyl (C=O) groups is 2. The Morgan fingerprint density at radius 1 is 0.800 bits per heavy atom. The van der Waals surface area contributed by atoms with Crippen molar-refractivity contribution in [1.29, 1.82) is 0 Å². The molecule has 0 rings (SSSR count). The second-order valence-corrected chi connectivity index (χ2v) is 5.96. The number of carbonyl (C=O) groups excluding carboxylic acids is 1. The minimum absolute atomic E-state index is 0. The smallest absolute Gasteiger partial charge is 0.384 e. The molecule has 35 heavy (non-hydrogen) atoms. The first-order valence-electron chi connectivity index (χ1n) is 7.55. The summed E-state index contributed by atoms with van der Waals surface area (Å²) in [6, 6.07) is 0. The van der Waals surface area contributed by atoms with Crippen molar-refractivity contribution in [2.45, 2.75) is 109 Å². The molecular formula is C21H44F10O4. The van der Waals surface area contributed by atoms with Gasteiger partial charge in [0.05, 0.1) is 11.8 Å². The summed E-state index contributed by atoms with van der Waals surface area (Å²) in [5.74, 6) is -32.8. The van der Waals surface area contributed by atoms with Crippen molar-refractivity contribution in [3.63, 3.8) is 0 Å². The van der Waals surface area contributed by atoms with Gasteiger partial charge in [-0.25, -0.2) is 8.78 Å². The van der Waals surface area contributed by atoms with Gasteiger partial charge in [-0.2, -0.15) is 35.1 Å². The molecule has 0 aromatic heterocycles. The first-order chi connectivity index (χ1) is 12.4. The highest BCUT2D eigenvalue weighted by Gasteiger charge is 2.83. The SMILES string of the molecule is C.C.C.C.C.C.C.CCC(CC(C)C(=O)O)C(=O)OCC(F)(F)C(F)(F)C(F)(F)C(F)(F)C(F)F. The number of hydrogen-bond acceptors (Lipinski definition) is 3. The van der Waals surface area contributed by atoms with E-state index in [1.807, 2.05) is 0 Å². The van der Waals surface area contributed by atoms with Crippen LogP contribution in [0.5, 0.6) is 0 Å². The van der Waals surface area contributed by atoms with Crippen molar-refractivity contribution < 1.29 is 63.3 Å². The average molecular weight is 551 g/mol. The lowest BCUT2D eigenvalue weighted by atomic mass is 9.94. The molecule has 0 aromatic carbocycles. The van der Waals surface area contributed by atoms with Crippen LogP contribution in [0.3, 0.4) is 0 Å². The Balaban J connectivity index is -0.000000174. The van der Waals surface area contributed by atoms with E-state index in [1.54, 1.807) is 0 Å². The van der Waals surface area contributed by atoms with Crippen molar-refractivity contribution in [2.75, 3.05) is 6.61 Å². The van der Waals surface area contributed by atoms with E-state index in [0.29, 0.717) is 0 Å². The maximum Gasteiger partial charge on any atom is 0.384 e. The fourth-order valence-electron chi connectivity index (χ4n) is 1.90. The molecule has 0 saturated carbocycles. The van der Waals surface area contributed by atoms with E-state index in [1.165, 1.54) is 6.92 Å². The van der Waals surface area contributed by atoms with Crippen LogP contribution in [0.1, 0.15) is 78.7 Å². The lowest BCUT2D eigenvalue weighted by Crippen LogP contribution is -2.65. The summed E-state index contributed by atoms with van der Waals surface area (Å²) in [5, 5.41) is 8.70. The van der Waals surface area contributed by atoms with Crippen molar-refractivity contribution in [1.82, 2.24) is 0 Å². The average Bonchev–Trinajstić information content (AvgIpc) is 2.56. The van der Waals surface area contributed by atoms with Crippen molar-refractivity contribution in [2.24, 2.45) is 11.8 Å². The maximum atomic E-state index is 13.4. The topological polar surface area (TPSA) is 63.6 Å². The summed E-state index contributed by atoms with van der Waals surface area (Å²) >= 11 is 0. The summed E-state index contributed by atoms with van der Waals surface area (Å²) in [4.78, 5) is 22.3. The van der Waals surface area contributed by atoms with E-state index >= 15 is 0 Å². The second kappa shape index (κ2) is 18.5. The number of esters is 1. The third kappa shape index (κ3) is 11.2. The molecule has 4 nitrogen and oxygen atoms in total. The van der Waals surface area contributed by atoms with Crippen LogP contribution in [-0.4, -0.2) is 53.8 Å². The Morgan fingerprint density at radius 3 is 1.46 bits per heavy atom. The maximum absolute atomic E-state index is 13.4. The standard InChI is InChI=1S/C14H16F10O4.7CH4/c1-3-7(4-6(2)8(25)26)9(27)28-5-11(17,18)13(21,22)14(23,24)12(19,20)10(15)16;;;;;;;/h6-7,10H,3-5H2,1-2H3,(H,25,26);7*1H4. The van der Waals surface area contributed by atoms with E-state index in [2.05, 4.69) is 4.74 Å². The number of alkyl halides is 10. The molecule has 0 aromatic rings. The minimum atomic E-state index is -7.17. The molecule has 0 saturated heterocycles. The van der Waals surface area contributed by atoms with Gasteiger partial charge in [0.15, 0.2) is 6.61 Å². The van der Waals surface area contributed by atoms with Gasteiger partial charge in [-0.05, 0) is 12.8 Å². The van der Waals surface area contributed by atoms with Gasteiger partial charge in [-0.1, -0.05) is 65.8 Å². The zero-order valence-electron chi connectivity index (χ0n) is 14.3. The van der Waals surface area contributed by atoms with Crippen molar-refractivity contribution in [3.05, 3.63) is 0 Å². The Morgan fingerprint density at radius 2 is 1.17 bits per heavy atom. The first kappa shape index (κ1) is 54.2. The summed E-state index contributed by atoms with van der Waals surface area (Å²) in [5.41, 5.74) is 0. The Kier molecular flexibility index (Phi) is 28.7. The van der Waals surface area contributed by atoms with Crippen molar-refractivity contribution in [3.8, 4) is 0 Å². The molecule has 0 aliphatic carbocycles. The Bertz CT molecular complexity index is 570. The van der Waals surface area contributed by atoms with Crippen LogP contribution in [-0.2, 0) is 14.3 Å². The number of carboxylic acids is 1. The molecule has 0 fully saturated rings. The van der Waals surface area contributed by atoms with Gasteiger partial charge in [-0.15, -0.1) is 0 Å². The molecule has 0 radical (unpaired) electrons. The summed E-state index contributed by atoms with van der Waals surface area (Å²) in [6.07, 6.45) is -6.07. The van der Waals surface area contributed by atoms with Crippen LogP contribution in [0.4, 0.5) is 43.9 Å². The summed E-state index contributed by atoms with van der Waals surface area (Å²) < 4.78 is 133. The van der Waals surface area contributed by atoms with Gasteiger partial charge in [0, 0.05) is 0 Å². The summed E-state index contributed by atoms with van der Waals surface area (Å²) in [6.45, 7) is -0.426. The van der Waals surface area contributed by atoms with Crippen molar-refractivity contribution >= 4 is 11.9 Å². The highest BCUT2D eigenvalue weighted by Crippen LogP contribution is 2.54. The number of carboxylic acid groups (broad SMARTS) is 1.